The highest BCUT2D eigenvalue weighted by atomic mass is 32.2. The number of hydrogen-bond acceptors (Lipinski definition) is 7. The maximum absolute atomic E-state index is 12.5. The molecule has 0 bridgehead atoms. The Balaban J connectivity index is 1.15. The summed E-state index contributed by atoms with van der Waals surface area (Å²) in [4.78, 5) is 44.4. The fraction of sp³-hybridized carbons (Fsp3) is 0.524. The van der Waals surface area contributed by atoms with Crippen molar-refractivity contribution in [2.75, 3.05) is 51.0 Å². The lowest BCUT2D eigenvalue weighted by Crippen LogP contribution is -2.51. The minimum Gasteiger partial charge on any atom is -0.381 e. The van der Waals surface area contributed by atoms with Crippen LogP contribution in [0.1, 0.15) is 12.8 Å². The molecule has 5 rings (SSSR count). The smallest absolute Gasteiger partial charge is 0.322 e. The average Bonchev–Trinajstić information content (AvgIpc) is 3.08. The Kier molecular flexibility index (Phi) is 5.72. The van der Waals surface area contributed by atoms with Crippen molar-refractivity contribution >= 4 is 56.8 Å². The largest absolute Gasteiger partial charge is 0.381 e. The van der Waals surface area contributed by atoms with Gasteiger partial charge in [0, 0.05) is 43.9 Å². The molecule has 11 heteroatoms. The number of nitrogens with zero attached hydrogens (tertiary/aromatic N) is 3. The highest BCUT2D eigenvalue weighted by Crippen LogP contribution is 2.52. The van der Waals surface area contributed by atoms with Crippen LogP contribution >= 0.6 is 23.1 Å². The summed E-state index contributed by atoms with van der Waals surface area (Å²) < 4.78 is 7.22. The molecule has 32 heavy (non-hydrogen) atoms. The first-order valence-corrected chi connectivity index (χ1v) is 12.4. The third kappa shape index (κ3) is 4.41. The van der Waals surface area contributed by atoms with Crippen molar-refractivity contribution in [3.05, 3.63) is 18.2 Å². The van der Waals surface area contributed by atoms with E-state index >= 15 is 0 Å². The van der Waals surface area contributed by atoms with Gasteiger partial charge in [0.05, 0.1) is 22.6 Å². The van der Waals surface area contributed by atoms with E-state index in [0.29, 0.717) is 24.5 Å². The van der Waals surface area contributed by atoms with E-state index in [1.807, 2.05) is 12.1 Å². The van der Waals surface area contributed by atoms with E-state index in [0.717, 1.165) is 40.6 Å². The maximum Gasteiger partial charge on any atom is 0.322 e. The number of hydrogen-bond donors (Lipinski definition) is 2. The quantitative estimate of drug-likeness (QED) is 0.641. The molecular formula is C21H25N5O4S2. The second-order valence-electron chi connectivity index (χ2n) is 8.61. The van der Waals surface area contributed by atoms with Crippen LogP contribution in [0.15, 0.2) is 22.5 Å². The van der Waals surface area contributed by atoms with Gasteiger partial charge in [0.25, 0.3) is 0 Å². The van der Waals surface area contributed by atoms with Gasteiger partial charge in [-0.1, -0.05) is 11.8 Å². The molecule has 3 heterocycles. The van der Waals surface area contributed by atoms with Gasteiger partial charge in [-0.05, 0) is 31.0 Å². The molecule has 2 saturated heterocycles. The van der Waals surface area contributed by atoms with Crippen LogP contribution in [0.25, 0.3) is 10.2 Å². The lowest BCUT2D eigenvalue weighted by Gasteiger charge is -2.31. The Hall–Kier alpha value is -2.37. The van der Waals surface area contributed by atoms with Gasteiger partial charge in [-0.15, -0.1) is 11.3 Å². The van der Waals surface area contributed by atoms with Gasteiger partial charge in [-0.2, -0.15) is 0 Å². The normalized spacial score (nSPS) is 24.9. The minimum absolute atomic E-state index is 0.0257. The van der Waals surface area contributed by atoms with Gasteiger partial charge in [-0.3, -0.25) is 9.59 Å². The Morgan fingerprint density at radius 3 is 3.03 bits per heavy atom. The first kappa shape index (κ1) is 21.5. The number of thioether (sulfide) groups is 1. The number of urea groups is 1. The van der Waals surface area contributed by atoms with Gasteiger partial charge in [0.1, 0.15) is 6.54 Å². The summed E-state index contributed by atoms with van der Waals surface area (Å²) in [6, 6.07) is 5.49. The number of amides is 4. The zero-order valence-electron chi connectivity index (χ0n) is 17.8. The third-order valence-corrected chi connectivity index (χ3v) is 8.51. The van der Waals surface area contributed by atoms with E-state index in [1.165, 1.54) is 28.0 Å². The van der Waals surface area contributed by atoms with Gasteiger partial charge in [-0.25, -0.2) is 9.78 Å². The van der Waals surface area contributed by atoms with Crippen LogP contribution in [0.2, 0.25) is 0 Å². The second-order valence-corrected chi connectivity index (χ2v) is 10.9. The summed E-state index contributed by atoms with van der Waals surface area (Å²) in [6.45, 7) is 2.68. The first-order chi connectivity index (χ1) is 15.4. The highest BCUT2D eigenvalue weighted by molar-refractivity contribution is 8.01. The number of aromatic nitrogens is 1. The predicted molar refractivity (Wildman–Crippen MR) is 123 cm³/mol. The van der Waals surface area contributed by atoms with Gasteiger partial charge >= 0.3 is 6.03 Å². The number of carbonyl (C=O) groups excluding carboxylic acids is 3. The number of benzene rings is 1. The summed E-state index contributed by atoms with van der Waals surface area (Å²) in [5.41, 5.74) is 1.67. The molecule has 1 saturated carbocycles. The molecular weight excluding hydrogens is 450 g/mol. The number of fused-ring (bicyclic) bond motifs is 1. The molecule has 170 valence electrons. The van der Waals surface area contributed by atoms with Crippen LogP contribution in [-0.4, -0.2) is 84.3 Å². The van der Waals surface area contributed by atoms with Crippen LogP contribution in [-0.2, 0) is 14.3 Å². The van der Waals surface area contributed by atoms with E-state index in [2.05, 4.69) is 15.6 Å². The van der Waals surface area contributed by atoms with E-state index in [-0.39, 0.29) is 35.8 Å². The predicted octanol–water partition coefficient (Wildman–Crippen LogP) is 1.99. The summed E-state index contributed by atoms with van der Waals surface area (Å²) >= 11 is 2.92. The first-order valence-electron chi connectivity index (χ1n) is 10.6. The lowest BCUT2D eigenvalue weighted by atomic mass is 10.1. The number of rotatable bonds is 5. The standard InChI is InChI=1S/C21H25N5O4S2/c1-25-5-6-26(10-18(25)28)19(29)22-13-2-3-14-15(8-13)32-20(23-14)31-11-17(27)24-16-9-21(16)4-7-30-12-21/h2-3,8,16H,4-7,9-12H2,1H3,(H,22,29)(H,24,27). The molecule has 1 spiro atoms. The van der Waals surface area contributed by atoms with Crippen LogP contribution in [0.5, 0.6) is 0 Å². The minimum atomic E-state index is -0.285. The molecule has 3 fully saturated rings. The Morgan fingerprint density at radius 1 is 1.38 bits per heavy atom. The molecule has 0 radical (unpaired) electrons. The van der Waals surface area contributed by atoms with Crippen molar-refractivity contribution in [2.24, 2.45) is 5.41 Å². The van der Waals surface area contributed by atoms with E-state index in [9.17, 15) is 14.4 Å². The van der Waals surface area contributed by atoms with Gasteiger partial charge < -0.3 is 25.2 Å². The molecule has 3 aliphatic rings. The number of thiazole rings is 1. The van der Waals surface area contributed by atoms with E-state index in [4.69, 9.17) is 4.74 Å². The SMILES string of the molecule is CN1CCN(C(=O)Nc2ccc3nc(SCC(=O)NC4CC45CCOC5)sc3c2)CC1=O. The second kappa shape index (κ2) is 8.53. The van der Waals surface area contributed by atoms with Crippen LogP contribution < -0.4 is 10.6 Å². The molecule has 1 aromatic carbocycles. The summed E-state index contributed by atoms with van der Waals surface area (Å²) in [7, 11) is 1.74. The summed E-state index contributed by atoms with van der Waals surface area (Å²) in [5.74, 6) is 0.287. The van der Waals surface area contributed by atoms with Crippen molar-refractivity contribution in [3.63, 3.8) is 0 Å². The molecule has 2 N–H and O–H groups in total. The molecule has 2 aromatic rings. The zero-order valence-corrected chi connectivity index (χ0v) is 19.4. The third-order valence-electron chi connectivity index (χ3n) is 6.35. The summed E-state index contributed by atoms with van der Waals surface area (Å²) in [6.07, 6.45) is 2.05. The maximum atomic E-state index is 12.5. The van der Waals surface area contributed by atoms with E-state index < -0.39 is 0 Å². The van der Waals surface area contributed by atoms with Crippen molar-refractivity contribution in [1.29, 1.82) is 0 Å². The van der Waals surface area contributed by atoms with Crippen molar-refractivity contribution in [2.45, 2.75) is 23.2 Å². The number of piperazine rings is 1. The van der Waals surface area contributed by atoms with Crippen molar-refractivity contribution in [1.82, 2.24) is 20.1 Å². The average molecular weight is 476 g/mol. The molecule has 9 nitrogen and oxygen atoms in total. The number of carbonyl (C=O) groups is 3. The lowest BCUT2D eigenvalue weighted by molar-refractivity contribution is -0.133. The highest BCUT2D eigenvalue weighted by Gasteiger charge is 2.56. The number of anilines is 1. The van der Waals surface area contributed by atoms with Crippen molar-refractivity contribution < 1.29 is 19.1 Å². The van der Waals surface area contributed by atoms with Crippen LogP contribution in [0, 0.1) is 5.41 Å². The number of ether oxygens (including phenoxy) is 1. The fourth-order valence-corrected chi connectivity index (χ4v) is 6.07. The Labute approximate surface area is 193 Å². The molecule has 1 aromatic heterocycles. The van der Waals surface area contributed by atoms with Gasteiger partial charge in [0.2, 0.25) is 11.8 Å². The van der Waals surface area contributed by atoms with Crippen molar-refractivity contribution in [3.8, 4) is 0 Å². The Bertz CT molecular complexity index is 1070. The fourth-order valence-electron chi connectivity index (χ4n) is 4.15. The number of likely N-dealkylation sites (N-methyl/N-ethyl adjacent to an activating group) is 1. The monoisotopic (exact) mass is 475 g/mol. The van der Waals surface area contributed by atoms with Gasteiger partial charge in [0.15, 0.2) is 4.34 Å². The number of nitrogens with one attached hydrogen (secondary N) is 2. The van der Waals surface area contributed by atoms with Crippen LogP contribution in [0.4, 0.5) is 10.5 Å². The van der Waals surface area contributed by atoms with E-state index in [1.54, 1.807) is 18.0 Å². The topological polar surface area (TPSA) is 104 Å². The Morgan fingerprint density at radius 2 is 2.25 bits per heavy atom. The molecule has 2 atom stereocenters. The molecule has 4 amide bonds. The van der Waals surface area contributed by atoms with Crippen LogP contribution in [0.3, 0.4) is 0 Å². The molecule has 2 unspecified atom stereocenters. The molecule has 2 aliphatic heterocycles. The zero-order chi connectivity index (χ0) is 22.3. The summed E-state index contributed by atoms with van der Waals surface area (Å²) in [5, 5.41) is 5.98. The molecule has 1 aliphatic carbocycles.